The van der Waals surface area contributed by atoms with Crippen LogP contribution in [0.15, 0.2) is 18.2 Å². The van der Waals surface area contributed by atoms with E-state index in [9.17, 15) is 0 Å². The van der Waals surface area contributed by atoms with Gasteiger partial charge in [0.25, 0.3) is 0 Å². The Labute approximate surface area is 89.6 Å². The van der Waals surface area contributed by atoms with Gasteiger partial charge in [0.1, 0.15) is 0 Å². The Morgan fingerprint density at radius 2 is 2.13 bits per heavy atom. The van der Waals surface area contributed by atoms with Crippen LogP contribution in [0.2, 0.25) is 0 Å². The lowest BCUT2D eigenvalue weighted by molar-refractivity contribution is 0.174. The first-order valence-corrected chi connectivity index (χ1v) is 5.09. The highest BCUT2D eigenvalue weighted by Crippen LogP contribution is 2.35. The predicted molar refractivity (Wildman–Crippen MR) is 55.9 cm³/mol. The minimum absolute atomic E-state index is 0.269. The third-order valence-corrected chi connectivity index (χ3v) is 2.62. The SMILES string of the molecule is Nc1nc(-c2ccc3c(c2)OCO3)ns1. The van der Waals surface area contributed by atoms with Gasteiger partial charge in [0, 0.05) is 17.1 Å². The van der Waals surface area contributed by atoms with E-state index in [1.54, 1.807) is 0 Å². The molecule has 2 heterocycles. The monoisotopic (exact) mass is 221 g/mol. The minimum atomic E-state index is 0.269. The summed E-state index contributed by atoms with van der Waals surface area (Å²) >= 11 is 1.18. The molecule has 76 valence electrons. The Morgan fingerprint density at radius 1 is 1.27 bits per heavy atom. The molecule has 0 spiro atoms. The lowest BCUT2D eigenvalue weighted by Gasteiger charge is -1.97. The number of benzene rings is 1. The fourth-order valence-corrected chi connectivity index (χ4v) is 1.84. The average Bonchev–Trinajstić information content (AvgIpc) is 2.84. The topological polar surface area (TPSA) is 70.3 Å². The molecule has 0 unspecified atom stereocenters. The molecule has 0 atom stereocenters. The predicted octanol–water partition coefficient (Wildman–Crippen LogP) is 1.52. The van der Waals surface area contributed by atoms with Gasteiger partial charge in [-0.3, -0.25) is 0 Å². The average molecular weight is 221 g/mol. The van der Waals surface area contributed by atoms with E-state index in [4.69, 9.17) is 15.2 Å². The van der Waals surface area contributed by atoms with Gasteiger partial charge in [-0.2, -0.15) is 9.36 Å². The molecular formula is C9H7N3O2S. The molecule has 6 heteroatoms. The second-order valence-corrected chi connectivity index (χ2v) is 3.81. The van der Waals surface area contributed by atoms with Crippen molar-refractivity contribution in [2.75, 3.05) is 12.5 Å². The van der Waals surface area contributed by atoms with Crippen LogP contribution in [-0.2, 0) is 0 Å². The van der Waals surface area contributed by atoms with Crippen LogP contribution in [0.3, 0.4) is 0 Å². The molecule has 0 saturated heterocycles. The van der Waals surface area contributed by atoms with E-state index in [1.807, 2.05) is 18.2 Å². The standard InChI is InChI=1S/C9H7N3O2S/c10-9-11-8(12-15-9)5-1-2-6-7(3-5)14-4-13-6/h1-3H,4H2,(H2,10,11,12). The van der Waals surface area contributed by atoms with Crippen molar-refractivity contribution in [3.63, 3.8) is 0 Å². The second-order valence-electron chi connectivity index (χ2n) is 3.02. The summed E-state index contributed by atoms with van der Waals surface area (Å²) in [4.78, 5) is 4.10. The molecular weight excluding hydrogens is 214 g/mol. The summed E-state index contributed by atoms with van der Waals surface area (Å²) in [6, 6.07) is 5.58. The molecule has 1 aromatic carbocycles. The molecule has 5 nitrogen and oxygen atoms in total. The van der Waals surface area contributed by atoms with Crippen LogP contribution in [0.25, 0.3) is 11.4 Å². The van der Waals surface area contributed by atoms with E-state index < -0.39 is 0 Å². The number of ether oxygens (including phenoxy) is 2. The zero-order valence-electron chi connectivity index (χ0n) is 7.64. The van der Waals surface area contributed by atoms with Crippen molar-refractivity contribution in [3.8, 4) is 22.9 Å². The van der Waals surface area contributed by atoms with E-state index >= 15 is 0 Å². The zero-order valence-corrected chi connectivity index (χ0v) is 8.45. The van der Waals surface area contributed by atoms with Crippen molar-refractivity contribution in [2.45, 2.75) is 0 Å². The van der Waals surface area contributed by atoms with E-state index in [1.165, 1.54) is 11.5 Å². The lowest BCUT2D eigenvalue weighted by Crippen LogP contribution is -1.92. The van der Waals surface area contributed by atoms with Gasteiger partial charge in [-0.1, -0.05) is 0 Å². The number of rotatable bonds is 1. The van der Waals surface area contributed by atoms with E-state index in [0.29, 0.717) is 11.0 Å². The third kappa shape index (κ3) is 1.39. The van der Waals surface area contributed by atoms with Gasteiger partial charge >= 0.3 is 0 Å². The third-order valence-electron chi connectivity index (χ3n) is 2.07. The van der Waals surface area contributed by atoms with Crippen molar-refractivity contribution in [3.05, 3.63) is 18.2 Å². The maximum atomic E-state index is 5.52. The molecule has 1 aromatic heterocycles. The van der Waals surface area contributed by atoms with Crippen molar-refractivity contribution in [2.24, 2.45) is 0 Å². The first kappa shape index (κ1) is 8.49. The largest absolute Gasteiger partial charge is 0.454 e. The highest BCUT2D eigenvalue weighted by atomic mass is 32.1. The fraction of sp³-hybridized carbons (Fsp3) is 0.111. The molecule has 0 bridgehead atoms. The molecule has 0 saturated carbocycles. The minimum Gasteiger partial charge on any atom is -0.454 e. The van der Waals surface area contributed by atoms with Gasteiger partial charge in [0.05, 0.1) is 0 Å². The summed E-state index contributed by atoms with van der Waals surface area (Å²) < 4.78 is 14.6. The number of fused-ring (bicyclic) bond motifs is 1. The first-order valence-electron chi connectivity index (χ1n) is 4.32. The van der Waals surface area contributed by atoms with Gasteiger partial charge in [0.2, 0.25) is 6.79 Å². The molecule has 0 fully saturated rings. The van der Waals surface area contributed by atoms with Gasteiger partial charge in [-0.15, -0.1) is 0 Å². The van der Waals surface area contributed by atoms with E-state index in [0.717, 1.165) is 17.1 Å². The number of nitrogen functional groups attached to an aromatic ring is 1. The van der Waals surface area contributed by atoms with Crippen LogP contribution in [-0.4, -0.2) is 16.2 Å². The summed E-state index contributed by atoms with van der Waals surface area (Å²) in [5.41, 5.74) is 6.40. The summed E-state index contributed by atoms with van der Waals surface area (Å²) in [6.07, 6.45) is 0. The number of hydrogen-bond donors (Lipinski definition) is 1. The van der Waals surface area contributed by atoms with Gasteiger partial charge < -0.3 is 15.2 Å². The van der Waals surface area contributed by atoms with Crippen LogP contribution < -0.4 is 15.2 Å². The van der Waals surface area contributed by atoms with E-state index in [2.05, 4.69) is 9.36 Å². The normalized spacial score (nSPS) is 13.1. The van der Waals surface area contributed by atoms with Crippen molar-refractivity contribution in [1.29, 1.82) is 0 Å². The Bertz CT molecular complexity index is 512. The molecule has 0 amide bonds. The fourth-order valence-electron chi connectivity index (χ4n) is 1.39. The van der Waals surface area contributed by atoms with E-state index in [-0.39, 0.29) is 6.79 Å². The van der Waals surface area contributed by atoms with Gasteiger partial charge in [-0.25, -0.2) is 0 Å². The first-order chi connectivity index (χ1) is 7.33. The number of nitrogens with zero attached hydrogens (tertiary/aromatic N) is 2. The molecule has 15 heavy (non-hydrogen) atoms. The molecule has 3 rings (SSSR count). The van der Waals surface area contributed by atoms with Crippen LogP contribution in [0, 0.1) is 0 Å². The Morgan fingerprint density at radius 3 is 2.93 bits per heavy atom. The van der Waals surface area contributed by atoms with Gasteiger partial charge in [-0.05, 0) is 18.2 Å². The van der Waals surface area contributed by atoms with Crippen LogP contribution in [0.5, 0.6) is 11.5 Å². The molecule has 0 radical (unpaired) electrons. The Kier molecular flexibility index (Phi) is 1.75. The highest BCUT2D eigenvalue weighted by molar-refractivity contribution is 7.09. The summed E-state index contributed by atoms with van der Waals surface area (Å²) in [5, 5.41) is 0.461. The van der Waals surface area contributed by atoms with Crippen LogP contribution in [0.4, 0.5) is 5.13 Å². The zero-order chi connectivity index (χ0) is 10.3. The lowest BCUT2D eigenvalue weighted by atomic mass is 10.2. The number of anilines is 1. The molecule has 2 N–H and O–H groups in total. The Balaban J connectivity index is 2.06. The van der Waals surface area contributed by atoms with Crippen LogP contribution in [0.1, 0.15) is 0 Å². The number of hydrogen-bond acceptors (Lipinski definition) is 6. The number of nitrogens with two attached hydrogens (primary N) is 1. The maximum Gasteiger partial charge on any atom is 0.231 e. The van der Waals surface area contributed by atoms with Crippen LogP contribution >= 0.6 is 11.5 Å². The summed E-state index contributed by atoms with van der Waals surface area (Å²) in [5.74, 6) is 2.10. The molecule has 2 aromatic rings. The summed E-state index contributed by atoms with van der Waals surface area (Å²) in [7, 11) is 0. The summed E-state index contributed by atoms with van der Waals surface area (Å²) in [6.45, 7) is 0.269. The quantitative estimate of drug-likeness (QED) is 0.790. The molecule has 1 aliphatic rings. The highest BCUT2D eigenvalue weighted by Gasteiger charge is 2.15. The van der Waals surface area contributed by atoms with Crippen molar-refractivity contribution >= 4 is 16.7 Å². The second kappa shape index (κ2) is 3.09. The van der Waals surface area contributed by atoms with Crippen molar-refractivity contribution in [1.82, 2.24) is 9.36 Å². The Hall–Kier alpha value is -1.82. The number of aromatic nitrogens is 2. The van der Waals surface area contributed by atoms with Gasteiger partial charge in [0.15, 0.2) is 22.5 Å². The van der Waals surface area contributed by atoms with Crippen molar-refractivity contribution < 1.29 is 9.47 Å². The molecule has 1 aliphatic heterocycles. The smallest absolute Gasteiger partial charge is 0.231 e. The molecule has 0 aliphatic carbocycles. The maximum absolute atomic E-state index is 5.52.